The van der Waals surface area contributed by atoms with Crippen LogP contribution in [0.4, 0.5) is 5.82 Å². The van der Waals surface area contributed by atoms with Crippen LogP contribution in [0.15, 0.2) is 115 Å². The predicted octanol–water partition coefficient (Wildman–Crippen LogP) is 5.46. The minimum atomic E-state index is -0.652. The van der Waals surface area contributed by atoms with Crippen LogP contribution in [0.2, 0.25) is 0 Å². The first-order valence-electron chi connectivity index (χ1n) is 9.72. The summed E-state index contributed by atoms with van der Waals surface area (Å²) >= 11 is 0. The Hall–Kier alpha value is -3.85. The minimum Gasteiger partial charge on any atom is -0.382 e. The zero-order chi connectivity index (χ0) is 19.7. The highest BCUT2D eigenvalue weighted by Crippen LogP contribution is 2.42. The van der Waals surface area contributed by atoms with Gasteiger partial charge >= 0.3 is 0 Å². The molecule has 140 valence electrons. The van der Waals surface area contributed by atoms with Crippen molar-refractivity contribution in [2.45, 2.75) is 5.54 Å². The molecule has 0 saturated carbocycles. The summed E-state index contributed by atoms with van der Waals surface area (Å²) in [7, 11) is 0. The van der Waals surface area contributed by atoms with Crippen LogP contribution >= 0.6 is 0 Å². The zero-order valence-corrected chi connectivity index (χ0v) is 15.9. The normalized spacial score (nSPS) is 11.6. The van der Waals surface area contributed by atoms with Gasteiger partial charge in [0.1, 0.15) is 5.54 Å². The van der Waals surface area contributed by atoms with Crippen molar-refractivity contribution in [2.24, 2.45) is 0 Å². The average Bonchev–Trinajstić information content (AvgIpc) is 3.14. The maximum Gasteiger partial charge on any atom is 0.153 e. The number of nitrogen functional groups attached to an aromatic ring is 1. The van der Waals surface area contributed by atoms with E-state index in [1.54, 1.807) is 0 Å². The van der Waals surface area contributed by atoms with Gasteiger partial charge in [0.15, 0.2) is 5.82 Å². The molecule has 0 saturated heterocycles. The number of hydrogen-bond donors (Lipinski definition) is 1. The van der Waals surface area contributed by atoms with Crippen molar-refractivity contribution in [1.29, 1.82) is 0 Å². The molecule has 0 amide bonds. The zero-order valence-electron chi connectivity index (χ0n) is 15.9. The maximum absolute atomic E-state index is 6.38. The van der Waals surface area contributed by atoms with Crippen LogP contribution in [0, 0.1) is 0 Å². The number of nitrogens with zero attached hydrogens (tertiary/aromatic N) is 2. The van der Waals surface area contributed by atoms with Gasteiger partial charge in [-0.3, -0.25) is 0 Å². The molecule has 0 radical (unpaired) electrons. The first-order chi connectivity index (χ1) is 14.3. The Bertz CT molecular complexity index is 1150. The van der Waals surface area contributed by atoms with Crippen molar-refractivity contribution in [2.75, 3.05) is 5.73 Å². The fraction of sp³-hybridized carbons (Fsp3) is 0.0385. The molecule has 0 spiro atoms. The van der Waals surface area contributed by atoms with E-state index in [-0.39, 0.29) is 0 Å². The first-order valence-corrected chi connectivity index (χ1v) is 9.72. The molecule has 1 heterocycles. The molecular weight excluding hydrogens is 354 g/mol. The first kappa shape index (κ1) is 17.3. The summed E-state index contributed by atoms with van der Waals surface area (Å²) in [5.74, 6) is 0.535. The third-order valence-electron chi connectivity index (χ3n) is 5.51. The van der Waals surface area contributed by atoms with E-state index < -0.39 is 5.54 Å². The Morgan fingerprint density at radius 2 is 0.966 bits per heavy atom. The van der Waals surface area contributed by atoms with Crippen molar-refractivity contribution >= 4 is 16.7 Å². The Balaban J connectivity index is 1.99. The predicted molar refractivity (Wildman–Crippen MR) is 119 cm³/mol. The van der Waals surface area contributed by atoms with Crippen LogP contribution in [0.1, 0.15) is 16.7 Å². The quantitative estimate of drug-likeness (QED) is 0.424. The summed E-state index contributed by atoms with van der Waals surface area (Å²) in [6.07, 6.45) is 0. The van der Waals surface area contributed by atoms with E-state index >= 15 is 0 Å². The van der Waals surface area contributed by atoms with Gasteiger partial charge in [0, 0.05) is 5.39 Å². The summed E-state index contributed by atoms with van der Waals surface area (Å²) in [6, 6.07) is 39.7. The molecule has 3 heteroatoms. The van der Waals surface area contributed by atoms with E-state index in [0.717, 1.165) is 27.6 Å². The van der Waals surface area contributed by atoms with Gasteiger partial charge in [-0.1, -0.05) is 103 Å². The highest BCUT2D eigenvalue weighted by Gasteiger charge is 2.40. The van der Waals surface area contributed by atoms with Crippen molar-refractivity contribution in [3.8, 4) is 0 Å². The molecule has 4 aromatic carbocycles. The SMILES string of the molecule is Nc1nn(C(c2ccccc2)(c2ccccc2)c2ccccc2)c2ccccc12. The van der Waals surface area contributed by atoms with E-state index in [2.05, 4.69) is 83.5 Å². The van der Waals surface area contributed by atoms with Gasteiger partial charge in [0.2, 0.25) is 0 Å². The summed E-state index contributed by atoms with van der Waals surface area (Å²) in [6.45, 7) is 0. The lowest BCUT2D eigenvalue weighted by atomic mass is 9.77. The molecule has 0 aliphatic carbocycles. The lowest BCUT2D eigenvalue weighted by molar-refractivity contribution is 0.477. The van der Waals surface area contributed by atoms with Crippen LogP contribution < -0.4 is 5.73 Å². The van der Waals surface area contributed by atoms with E-state index in [1.807, 2.05) is 36.4 Å². The van der Waals surface area contributed by atoms with E-state index in [0.29, 0.717) is 5.82 Å². The molecule has 0 aliphatic heterocycles. The number of benzene rings is 4. The van der Waals surface area contributed by atoms with Crippen molar-refractivity contribution in [1.82, 2.24) is 9.78 Å². The second-order valence-corrected chi connectivity index (χ2v) is 7.12. The van der Waals surface area contributed by atoms with E-state index in [9.17, 15) is 0 Å². The van der Waals surface area contributed by atoms with Crippen LogP contribution in [0.25, 0.3) is 10.9 Å². The van der Waals surface area contributed by atoms with Crippen LogP contribution in [0.5, 0.6) is 0 Å². The number of para-hydroxylation sites is 1. The van der Waals surface area contributed by atoms with Gasteiger partial charge in [-0.15, -0.1) is 0 Å². The molecule has 2 N–H and O–H groups in total. The molecule has 29 heavy (non-hydrogen) atoms. The molecule has 0 unspecified atom stereocenters. The number of fused-ring (bicyclic) bond motifs is 1. The molecular formula is C26H21N3. The van der Waals surface area contributed by atoms with Crippen LogP contribution in [-0.2, 0) is 5.54 Å². The van der Waals surface area contributed by atoms with Gasteiger partial charge in [-0.05, 0) is 28.8 Å². The standard InChI is InChI=1S/C26H21N3/c27-25-23-18-10-11-19-24(23)29(28-25)26(20-12-4-1-5-13-20,21-14-6-2-7-15-21)22-16-8-3-9-17-22/h1-19H,(H2,27,28). The number of anilines is 1. The molecule has 0 bridgehead atoms. The molecule has 0 atom stereocenters. The summed E-state index contributed by atoms with van der Waals surface area (Å²) in [5.41, 5.74) is 10.1. The fourth-order valence-corrected chi connectivity index (χ4v) is 4.25. The summed E-state index contributed by atoms with van der Waals surface area (Å²) in [5, 5.41) is 5.84. The topological polar surface area (TPSA) is 43.8 Å². The molecule has 0 fully saturated rings. The monoisotopic (exact) mass is 375 g/mol. The average molecular weight is 375 g/mol. The van der Waals surface area contributed by atoms with Gasteiger partial charge in [-0.25, -0.2) is 4.68 Å². The van der Waals surface area contributed by atoms with Gasteiger partial charge in [-0.2, -0.15) is 5.10 Å². The number of rotatable bonds is 4. The summed E-state index contributed by atoms with van der Waals surface area (Å²) in [4.78, 5) is 0. The van der Waals surface area contributed by atoms with Gasteiger partial charge in [0.05, 0.1) is 5.52 Å². The Morgan fingerprint density at radius 1 is 0.552 bits per heavy atom. The van der Waals surface area contributed by atoms with Crippen LogP contribution in [0.3, 0.4) is 0 Å². The molecule has 1 aromatic heterocycles. The molecule has 5 aromatic rings. The molecule has 0 aliphatic rings. The Labute approximate surface area is 170 Å². The highest BCUT2D eigenvalue weighted by atomic mass is 15.3. The third-order valence-corrected chi connectivity index (χ3v) is 5.51. The summed E-state index contributed by atoms with van der Waals surface area (Å²) < 4.78 is 2.08. The van der Waals surface area contributed by atoms with E-state index in [1.165, 1.54) is 0 Å². The molecule has 5 rings (SSSR count). The molecule has 3 nitrogen and oxygen atoms in total. The minimum absolute atomic E-state index is 0.535. The van der Waals surface area contributed by atoms with E-state index in [4.69, 9.17) is 10.8 Å². The van der Waals surface area contributed by atoms with Crippen LogP contribution in [-0.4, -0.2) is 9.78 Å². The second kappa shape index (κ2) is 6.95. The highest BCUT2D eigenvalue weighted by molar-refractivity contribution is 5.89. The number of nitrogens with two attached hydrogens (primary N) is 1. The smallest absolute Gasteiger partial charge is 0.153 e. The Kier molecular flexibility index (Phi) is 4.14. The lowest BCUT2D eigenvalue weighted by Gasteiger charge is -2.37. The third kappa shape index (κ3) is 2.63. The number of hydrogen-bond acceptors (Lipinski definition) is 2. The Morgan fingerprint density at radius 3 is 1.45 bits per heavy atom. The van der Waals surface area contributed by atoms with Gasteiger partial charge < -0.3 is 5.73 Å². The largest absolute Gasteiger partial charge is 0.382 e. The van der Waals surface area contributed by atoms with Crippen molar-refractivity contribution in [3.05, 3.63) is 132 Å². The lowest BCUT2D eigenvalue weighted by Crippen LogP contribution is -2.38. The van der Waals surface area contributed by atoms with Crippen molar-refractivity contribution < 1.29 is 0 Å². The second-order valence-electron chi connectivity index (χ2n) is 7.12. The van der Waals surface area contributed by atoms with Gasteiger partial charge in [0.25, 0.3) is 0 Å². The fourth-order valence-electron chi connectivity index (χ4n) is 4.25. The number of aromatic nitrogens is 2. The maximum atomic E-state index is 6.38. The van der Waals surface area contributed by atoms with Crippen molar-refractivity contribution in [3.63, 3.8) is 0 Å².